The Kier molecular flexibility index (Phi) is 4.89. The van der Waals surface area contributed by atoms with Gasteiger partial charge in [-0.25, -0.2) is 4.79 Å². The van der Waals surface area contributed by atoms with Gasteiger partial charge in [0.15, 0.2) is 6.61 Å². The summed E-state index contributed by atoms with van der Waals surface area (Å²) in [5.41, 5.74) is -0.143. The van der Waals surface area contributed by atoms with Gasteiger partial charge in [-0.3, -0.25) is 9.59 Å². The molecule has 0 unspecified atom stereocenters. The molecule has 0 saturated heterocycles. The fourth-order valence-electron chi connectivity index (χ4n) is 1.54. The maximum absolute atomic E-state index is 11.7. The zero-order valence-corrected chi connectivity index (χ0v) is 12.3. The number of para-hydroxylation sites is 1. The summed E-state index contributed by atoms with van der Waals surface area (Å²) in [6, 6.07) is 9.86. The van der Waals surface area contributed by atoms with E-state index in [0.29, 0.717) is 10.2 Å². The molecular weight excluding hydrogens is 340 g/mol. The van der Waals surface area contributed by atoms with Crippen LogP contribution in [-0.2, 0) is 9.53 Å². The van der Waals surface area contributed by atoms with Crippen molar-refractivity contribution in [2.24, 2.45) is 0 Å². The van der Waals surface area contributed by atoms with Gasteiger partial charge in [-0.05, 0) is 40.2 Å². The molecule has 0 aliphatic heterocycles. The van der Waals surface area contributed by atoms with E-state index in [1.807, 2.05) is 0 Å². The predicted molar refractivity (Wildman–Crippen MR) is 80.1 cm³/mol. The lowest BCUT2D eigenvalue weighted by Gasteiger charge is -2.07. The smallest absolute Gasteiger partial charge is 0.344 e. The Morgan fingerprint density at radius 1 is 1.19 bits per heavy atom. The number of esters is 1. The molecule has 21 heavy (non-hydrogen) atoms. The minimum Gasteiger partial charge on any atom is -0.452 e. The van der Waals surface area contributed by atoms with Crippen LogP contribution in [0.3, 0.4) is 0 Å². The number of nitrogens with one attached hydrogen (secondary N) is 2. The second kappa shape index (κ2) is 6.85. The van der Waals surface area contributed by atoms with Gasteiger partial charge in [0, 0.05) is 10.7 Å². The van der Waals surface area contributed by atoms with Gasteiger partial charge < -0.3 is 15.0 Å². The van der Waals surface area contributed by atoms with E-state index in [1.165, 1.54) is 18.3 Å². The number of carbonyl (C=O) groups is 2. The fourth-order valence-corrected chi connectivity index (χ4v) is 1.92. The maximum atomic E-state index is 11.7. The molecule has 0 bridgehead atoms. The van der Waals surface area contributed by atoms with Crippen molar-refractivity contribution in [1.29, 1.82) is 0 Å². The number of hydrogen-bond donors (Lipinski definition) is 2. The first-order chi connectivity index (χ1) is 10.1. The monoisotopic (exact) mass is 350 g/mol. The number of amides is 1. The first-order valence-corrected chi connectivity index (χ1v) is 6.76. The minimum atomic E-state index is -0.848. The third kappa shape index (κ3) is 4.03. The molecule has 0 aliphatic rings. The number of ether oxygens (including phenoxy) is 1. The number of anilines is 1. The lowest BCUT2D eigenvalue weighted by molar-refractivity contribution is -0.119. The number of rotatable bonds is 4. The SMILES string of the molecule is O=C(COC(=O)c1ccc[nH]c1=O)Nc1ccccc1Br. The Hall–Kier alpha value is -2.41. The van der Waals surface area contributed by atoms with Crippen LogP contribution < -0.4 is 10.9 Å². The van der Waals surface area contributed by atoms with Crippen molar-refractivity contribution in [2.45, 2.75) is 0 Å². The number of aromatic amines is 1. The van der Waals surface area contributed by atoms with Crippen LogP contribution in [0.15, 0.2) is 51.9 Å². The van der Waals surface area contributed by atoms with Crippen molar-refractivity contribution in [3.63, 3.8) is 0 Å². The van der Waals surface area contributed by atoms with Crippen molar-refractivity contribution in [3.8, 4) is 0 Å². The van der Waals surface area contributed by atoms with Crippen LogP contribution in [0, 0.1) is 0 Å². The highest BCUT2D eigenvalue weighted by atomic mass is 79.9. The lowest BCUT2D eigenvalue weighted by atomic mass is 10.3. The van der Waals surface area contributed by atoms with E-state index in [2.05, 4.69) is 26.2 Å². The zero-order valence-electron chi connectivity index (χ0n) is 10.8. The molecule has 1 aromatic carbocycles. The minimum absolute atomic E-state index is 0.147. The average molecular weight is 351 g/mol. The van der Waals surface area contributed by atoms with Crippen molar-refractivity contribution < 1.29 is 14.3 Å². The molecule has 6 nitrogen and oxygen atoms in total. The summed E-state index contributed by atoms with van der Waals surface area (Å²) < 4.78 is 5.51. The van der Waals surface area contributed by atoms with E-state index in [-0.39, 0.29) is 5.56 Å². The number of aromatic nitrogens is 1. The van der Waals surface area contributed by atoms with E-state index in [0.717, 1.165) is 0 Å². The summed E-state index contributed by atoms with van der Waals surface area (Å²) in [6.07, 6.45) is 1.40. The van der Waals surface area contributed by atoms with Crippen molar-refractivity contribution in [3.05, 3.63) is 63.0 Å². The first-order valence-electron chi connectivity index (χ1n) is 5.97. The zero-order chi connectivity index (χ0) is 15.2. The maximum Gasteiger partial charge on any atom is 0.344 e. The van der Waals surface area contributed by atoms with Gasteiger partial charge in [0.25, 0.3) is 11.5 Å². The average Bonchev–Trinajstić information content (AvgIpc) is 2.48. The van der Waals surface area contributed by atoms with Gasteiger partial charge in [-0.15, -0.1) is 0 Å². The Balaban J connectivity index is 1.93. The third-order valence-corrected chi connectivity index (χ3v) is 3.21. The Morgan fingerprint density at radius 2 is 1.95 bits per heavy atom. The summed E-state index contributed by atoms with van der Waals surface area (Å²) in [5, 5.41) is 2.58. The number of carbonyl (C=O) groups excluding carboxylic acids is 2. The van der Waals surface area contributed by atoms with Crippen LogP contribution in [0.1, 0.15) is 10.4 Å². The largest absolute Gasteiger partial charge is 0.452 e. The van der Waals surface area contributed by atoms with Gasteiger partial charge in [0.1, 0.15) is 5.56 Å². The molecule has 1 amide bonds. The topological polar surface area (TPSA) is 88.3 Å². The molecule has 0 atom stereocenters. The van der Waals surface area contributed by atoms with Gasteiger partial charge >= 0.3 is 5.97 Å². The van der Waals surface area contributed by atoms with Crippen LogP contribution in [0.25, 0.3) is 0 Å². The number of halogens is 1. The molecule has 0 spiro atoms. The number of hydrogen-bond acceptors (Lipinski definition) is 4. The van der Waals surface area contributed by atoms with E-state index >= 15 is 0 Å². The van der Waals surface area contributed by atoms with Crippen LogP contribution in [0.5, 0.6) is 0 Å². The molecule has 2 N–H and O–H groups in total. The van der Waals surface area contributed by atoms with E-state index in [4.69, 9.17) is 4.74 Å². The highest BCUT2D eigenvalue weighted by Gasteiger charge is 2.13. The molecule has 0 aliphatic carbocycles. The highest BCUT2D eigenvalue weighted by Crippen LogP contribution is 2.20. The molecule has 2 rings (SSSR count). The molecule has 2 aromatic rings. The van der Waals surface area contributed by atoms with Gasteiger partial charge in [0.2, 0.25) is 0 Å². The second-order valence-corrected chi connectivity index (χ2v) is 4.87. The molecule has 0 radical (unpaired) electrons. The van der Waals surface area contributed by atoms with Gasteiger partial charge in [-0.2, -0.15) is 0 Å². The van der Waals surface area contributed by atoms with Gasteiger partial charge in [-0.1, -0.05) is 12.1 Å². The van der Waals surface area contributed by atoms with E-state index < -0.39 is 24.0 Å². The summed E-state index contributed by atoms with van der Waals surface area (Å²) >= 11 is 3.28. The quantitative estimate of drug-likeness (QED) is 0.824. The van der Waals surface area contributed by atoms with Crippen molar-refractivity contribution >= 4 is 33.5 Å². The lowest BCUT2D eigenvalue weighted by Crippen LogP contribution is -2.24. The normalized spacial score (nSPS) is 9.95. The number of H-pyrrole nitrogens is 1. The molecule has 0 saturated carbocycles. The molecule has 108 valence electrons. The Bertz CT molecular complexity index is 727. The fraction of sp³-hybridized carbons (Fsp3) is 0.0714. The van der Waals surface area contributed by atoms with Crippen molar-refractivity contribution in [1.82, 2.24) is 4.98 Å². The van der Waals surface area contributed by atoms with Crippen LogP contribution in [0.2, 0.25) is 0 Å². The van der Waals surface area contributed by atoms with Crippen LogP contribution in [-0.4, -0.2) is 23.5 Å². The van der Waals surface area contributed by atoms with E-state index in [1.54, 1.807) is 24.3 Å². The number of pyridine rings is 1. The molecular formula is C14H11BrN2O4. The summed E-state index contributed by atoms with van der Waals surface area (Å²) in [5.74, 6) is -1.35. The Labute approximate surface area is 128 Å². The molecule has 0 fully saturated rings. The van der Waals surface area contributed by atoms with Gasteiger partial charge in [0.05, 0.1) is 5.69 Å². The summed E-state index contributed by atoms with van der Waals surface area (Å²) in [6.45, 7) is -0.478. The third-order valence-electron chi connectivity index (χ3n) is 2.52. The number of benzene rings is 1. The summed E-state index contributed by atoms with van der Waals surface area (Å²) in [4.78, 5) is 37.1. The van der Waals surface area contributed by atoms with E-state index in [9.17, 15) is 14.4 Å². The molecule has 1 heterocycles. The first kappa shape index (κ1) is 15.0. The van der Waals surface area contributed by atoms with Crippen LogP contribution >= 0.6 is 15.9 Å². The Morgan fingerprint density at radius 3 is 2.67 bits per heavy atom. The molecule has 7 heteroatoms. The second-order valence-electron chi connectivity index (χ2n) is 4.02. The summed E-state index contributed by atoms with van der Waals surface area (Å²) in [7, 11) is 0. The standard InChI is InChI=1S/C14H11BrN2O4/c15-10-5-1-2-6-11(10)17-12(18)8-21-14(20)9-4-3-7-16-13(9)19/h1-7H,8H2,(H,16,19)(H,17,18). The van der Waals surface area contributed by atoms with Crippen LogP contribution in [0.4, 0.5) is 5.69 Å². The predicted octanol–water partition coefficient (Wildman–Crippen LogP) is 1.93. The molecule has 1 aromatic heterocycles. The van der Waals surface area contributed by atoms with Crippen molar-refractivity contribution in [2.75, 3.05) is 11.9 Å². The highest BCUT2D eigenvalue weighted by molar-refractivity contribution is 9.10.